The molecule has 1 atom stereocenters. The summed E-state index contributed by atoms with van der Waals surface area (Å²) < 4.78 is 21.8. The Balaban J connectivity index is 3.23. The number of esters is 1. The molecule has 6 heteroatoms. The van der Waals surface area contributed by atoms with E-state index in [1.165, 1.54) is 0 Å². The Morgan fingerprint density at radius 2 is 2.00 bits per heavy atom. The minimum Gasteiger partial charge on any atom is -0.591 e. The largest absolute Gasteiger partial charge is 0.591 e. The normalized spacial score (nSPS) is 14.2. The lowest BCUT2D eigenvalue weighted by molar-refractivity contribution is -0.138. The second kappa shape index (κ2) is 7.42. The van der Waals surface area contributed by atoms with E-state index in [1.807, 2.05) is 6.07 Å². The molecule has 1 rings (SSSR count). The van der Waals surface area contributed by atoms with E-state index in [2.05, 4.69) is 20.3 Å². The van der Waals surface area contributed by atoms with Crippen LogP contribution >= 0.6 is 15.9 Å². The Morgan fingerprint density at radius 1 is 1.38 bits per heavy atom. The van der Waals surface area contributed by atoms with Gasteiger partial charge in [0.2, 0.25) is 5.71 Å². The number of benzene rings is 1. The summed E-state index contributed by atoms with van der Waals surface area (Å²) in [5.74, 6) is -0.569. The predicted octanol–water partition coefficient (Wildman–Crippen LogP) is 3.65. The van der Waals surface area contributed by atoms with E-state index in [0.29, 0.717) is 5.56 Å². The Kier molecular flexibility index (Phi) is 6.43. The minimum absolute atomic E-state index is 0.0817. The van der Waals surface area contributed by atoms with Gasteiger partial charge in [-0.2, -0.15) is 0 Å². The van der Waals surface area contributed by atoms with Gasteiger partial charge in [-0.1, -0.05) is 32.5 Å². The van der Waals surface area contributed by atoms with E-state index in [9.17, 15) is 9.35 Å². The number of carbonyl (C=O) groups is 1. The molecule has 0 saturated heterocycles. The van der Waals surface area contributed by atoms with Crippen LogP contribution in [0.15, 0.2) is 33.1 Å². The van der Waals surface area contributed by atoms with E-state index in [1.54, 1.807) is 52.8 Å². The third-order valence-electron chi connectivity index (χ3n) is 2.33. The van der Waals surface area contributed by atoms with Crippen molar-refractivity contribution in [1.82, 2.24) is 0 Å². The van der Waals surface area contributed by atoms with Gasteiger partial charge < -0.3 is 9.29 Å². The molecule has 0 bridgehead atoms. The van der Waals surface area contributed by atoms with Crippen LogP contribution in [0.25, 0.3) is 0 Å². The van der Waals surface area contributed by atoms with E-state index in [4.69, 9.17) is 4.74 Å². The number of hydrogen-bond acceptors (Lipinski definition) is 4. The van der Waals surface area contributed by atoms with Crippen LogP contribution in [0, 0.1) is 0 Å². The van der Waals surface area contributed by atoms with E-state index >= 15 is 0 Å². The highest BCUT2D eigenvalue weighted by molar-refractivity contribution is 9.10. The summed E-state index contributed by atoms with van der Waals surface area (Å²) >= 11 is 1.82. The molecule has 21 heavy (non-hydrogen) atoms. The molecule has 0 amide bonds. The van der Waals surface area contributed by atoms with Crippen LogP contribution in [0.5, 0.6) is 0 Å². The van der Waals surface area contributed by atoms with Gasteiger partial charge in [0, 0.05) is 10.0 Å². The van der Waals surface area contributed by atoms with Gasteiger partial charge in [-0.25, -0.2) is 4.79 Å². The molecule has 1 aromatic rings. The van der Waals surface area contributed by atoms with Gasteiger partial charge in [0.15, 0.2) is 0 Å². The number of ether oxygens (including phenoxy) is 1. The molecule has 0 aliphatic heterocycles. The molecule has 1 unspecified atom stereocenters. The van der Waals surface area contributed by atoms with Crippen LogP contribution in [-0.2, 0) is 20.9 Å². The number of rotatable bonds is 4. The molecule has 0 radical (unpaired) electrons. The monoisotopic (exact) mass is 373 g/mol. The van der Waals surface area contributed by atoms with Gasteiger partial charge in [0.05, 0.1) is 6.10 Å². The lowest BCUT2D eigenvalue weighted by Gasteiger charge is -2.19. The van der Waals surface area contributed by atoms with E-state index < -0.39 is 22.1 Å². The van der Waals surface area contributed by atoms with Crippen molar-refractivity contribution >= 4 is 39.0 Å². The van der Waals surface area contributed by atoms with Crippen molar-refractivity contribution in [1.29, 1.82) is 0 Å². The molecule has 0 aliphatic rings. The number of nitrogens with zero attached hydrogens (tertiary/aromatic N) is 1. The summed E-state index contributed by atoms with van der Waals surface area (Å²) in [5, 5.41) is 0. The standard InChI is InChI=1S/C15H20BrNO3S/c1-10(2)20-14(18)13(17-21(19)15(3,4)5)11-7-6-8-12(16)9-11/h6-10H,1-5H3/b17-13+. The lowest BCUT2D eigenvalue weighted by Crippen LogP contribution is -2.30. The molecule has 0 saturated carbocycles. The van der Waals surface area contributed by atoms with E-state index in [-0.39, 0.29) is 11.8 Å². The summed E-state index contributed by atoms with van der Waals surface area (Å²) in [7, 11) is 0. The molecular formula is C15H20BrNO3S. The first-order valence-corrected chi connectivity index (χ1v) is 8.49. The third kappa shape index (κ3) is 5.80. The van der Waals surface area contributed by atoms with Gasteiger partial charge in [0.1, 0.15) is 16.1 Å². The average Bonchev–Trinajstić information content (AvgIpc) is 2.33. The first kappa shape index (κ1) is 18.2. The molecule has 4 nitrogen and oxygen atoms in total. The zero-order chi connectivity index (χ0) is 16.2. The van der Waals surface area contributed by atoms with Crippen LogP contribution in [0.4, 0.5) is 0 Å². The first-order valence-electron chi connectivity index (χ1n) is 6.59. The summed E-state index contributed by atoms with van der Waals surface area (Å²) in [6.07, 6.45) is -0.266. The van der Waals surface area contributed by atoms with Crippen LogP contribution in [-0.4, -0.2) is 27.1 Å². The quantitative estimate of drug-likeness (QED) is 0.459. The lowest BCUT2D eigenvalue weighted by atomic mass is 10.1. The molecule has 0 spiro atoms. The molecule has 0 heterocycles. The molecule has 0 N–H and O–H groups in total. The fourth-order valence-corrected chi connectivity index (χ4v) is 2.35. The number of carbonyl (C=O) groups excluding carboxylic acids is 1. The highest BCUT2D eigenvalue weighted by Crippen LogP contribution is 2.20. The Labute approximate surface area is 137 Å². The molecular weight excluding hydrogens is 354 g/mol. The average molecular weight is 374 g/mol. The summed E-state index contributed by atoms with van der Waals surface area (Å²) in [4.78, 5) is 12.2. The maximum atomic E-state index is 12.2. The molecule has 116 valence electrons. The van der Waals surface area contributed by atoms with Gasteiger partial charge in [-0.05, 0) is 46.8 Å². The predicted molar refractivity (Wildman–Crippen MR) is 89.8 cm³/mol. The second-order valence-electron chi connectivity index (χ2n) is 5.77. The topological polar surface area (TPSA) is 61.7 Å². The molecule has 0 aliphatic carbocycles. The van der Waals surface area contributed by atoms with Crippen LogP contribution in [0.1, 0.15) is 40.2 Å². The summed E-state index contributed by atoms with van der Waals surface area (Å²) in [5.41, 5.74) is 0.658. The van der Waals surface area contributed by atoms with Crippen molar-refractivity contribution in [2.24, 2.45) is 4.40 Å². The van der Waals surface area contributed by atoms with Gasteiger partial charge >= 0.3 is 5.97 Å². The van der Waals surface area contributed by atoms with E-state index in [0.717, 1.165) is 4.47 Å². The van der Waals surface area contributed by atoms with Crippen molar-refractivity contribution in [3.05, 3.63) is 34.3 Å². The van der Waals surface area contributed by atoms with Gasteiger partial charge in [0.25, 0.3) is 0 Å². The van der Waals surface area contributed by atoms with Crippen LogP contribution < -0.4 is 0 Å². The Hall–Kier alpha value is -0.850. The molecule has 0 fully saturated rings. The van der Waals surface area contributed by atoms with Crippen molar-refractivity contribution in [2.75, 3.05) is 0 Å². The molecule has 0 aromatic heterocycles. The Morgan fingerprint density at radius 3 is 2.48 bits per heavy atom. The molecule has 1 aromatic carbocycles. The fourth-order valence-electron chi connectivity index (χ4n) is 1.33. The number of hydrogen-bond donors (Lipinski definition) is 0. The first-order chi connectivity index (χ1) is 9.61. The highest BCUT2D eigenvalue weighted by atomic mass is 79.9. The van der Waals surface area contributed by atoms with Crippen LogP contribution in [0.3, 0.4) is 0 Å². The SMILES string of the molecule is CC(C)OC(=O)/C(=N/[S+]([O-])C(C)(C)C)c1cccc(Br)c1. The smallest absolute Gasteiger partial charge is 0.362 e. The van der Waals surface area contributed by atoms with Crippen molar-refractivity contribution in [2.45, 2.75) is 45.5 Å². The van der Waals surface area contributed by atoms with Gasteiger partial charge in [-0.3, -0.25) is 0 Å². The second-order valence-corrected chi connectivity index (χ2v) is 8.59. The highest BCUT2D eigenvalue weighted by Gasteiger charge is 2.30. The summed E-state index contributed by atoms with van der Waals surface area (Å²) in [6, 6.07) is 7.12. The minimum atomic E-state index is -1.54. The van der Waals surface area contributed by atoms with Gasteiger partial charge in [-0.15, -0.1) is 0 Å². The third-order valence-corrected chi connectivity index (χ3v) is 4.22. The maximum Gasteiger partial charge on any atom is 0.362 e. The zero-order valence-electron chi connectivity index (χ0n) is 12.8. The zero-order valence-corrected chi connectivity index (χ0v) is 15.2. The number of halogens is 1. The maximum absolute atomic E-state index is 12.2. The summed E-state index contributed by atoms with van der Waals surface area (Å²) in [6.45, 7) is 8.94. The Bertz CT molecular complexity index is 538. The van der Waals surface area contributed by atoms with Crippen molar-refractivity contribution in [3.63, 3.8) is 0 Å². The van der Waals surface area contributed by atoms with Crippen LogP contribution in [0.2, 0.25) is 0 Å². The fraction of sp³-hybridized carbons (Fsp3) is 0.467. The van der Waals surface area contributed by atoms with Crippen molar-refractivity contribution in [3.8, 4) is 0 Å². The van der Waals surface area contributed by atoms with Crippen molar-refractivity contribution < 1.29 is 14.1 Å².